The Balaban J connectivity index is 1.48. The highest BCUT2D eigenvalue weighted by Crippen LogP contribution is 2.34. The molecule has 41 heavy (non-hydrogen) atoms. The number of rotatable bonds is 15. The van der Waals surface area contributed by atoms with Crippen LogP contribution in [-0.2, 0) is 0 Å². The molecule has 0 aliphatic carbocycles. The maximum atomic E-state index is 5.92. The first-order valence-electron chi connectivity index (χ1n) is 15.9. The summed E-state index contributed by atoms with van der Waals surface area (Å²) in [7, 11) is 0. The van der Waals surface area contributed by atoms with E-state index in [9.17, 15) is 0 Å². The Kier molecular flexibility index (Phi) is 11.5. The van der Waals surface area contributed by atoms with Crippen molar-refractivity contribution in [2.45, 2.75) is 96.3 Å². The molecule has 0 spiro atoms. The van der Waals surface area contributed by atoms with E-state index in [0.717, 1.165) is 11.4 Å². The molecule has 216 valence electrons. The molecule has 0 heterocycles. The maximum absolute atomic E-state index is 5.92. The molecule has 4 aromatic rings. The van der Waals surface area contributed by atoms with Gasteiger partial charge in [-0.1, -0.05) is 145 Å². The van der Waals surface area contributed by atoms with E-state index in [0.29, 0.717) is 17.8 Å². The minimum atomic E-state index is 0.338. The molecule has 0 bridgehead atoms. The monoisotopic (exact) mass is 546 g/mol. The standard InChI is InChI=1S/C39H50N2/c1-4-5-6-7-8-9-10-11-12-39(35-17-13-31(14-18-35)29(2)33-21-25-37(40)26-22-33)36-19-15-32(16-20-36)30(3)34-23-27-38(41)28-24-34/h13-30,39H,4-12,40-41H2,1-3H3. The molecular formula is C39H50N2. The van der Waals surface area contributed by atoms with Crippen LogP contribution in [0.15, 0.2) is 97.1 Å². The molecule has 0 fully saturated rings. The first kappa shape index (κ1) is 30.4. The van der Waals surface area contributed by atoms with E-state index in [1.54, 1.807) is 0 Å². The van der Waals surface area contributed by atoms with Crippen molar-refractivity contribution in [3.63, 3.8) is 0 Å². The lowest BCUT2D eigenvalue weighted by atomic mass is 9.83. The van der Waals surface area contributed by atoms with E-state index < -0.39 is 0 Å². The Morgan fingerprint density at radius 2 is 0.707 bits per heavy atom. The molecule has 4 aromatic carbocycles. The lowest BCUT2D eigenvalue weighted by molar-refractivity contribution is 0.551. The smallest absolute Gasteiger partial charge is 0.0314 e. The highest BCUT2D eigenvalue weighted by molar-refractivity contribution is 5.45. The van der Waals surface area contributed by atoms with E-state index in [4.69, 9.17) is 11.5 Å². The summed E-state index contributed by atoms with van der Waals surface area (Å²) in [4.78, 5) is 0. The van der Waals surface area contributed by atoms with Gasteiger partial charge in [-0.05, 0) is 64.1 Å². The Labute approximate surface area is 249 Å². The number of anilines is 2. The van der Waals surface area contributed by atoms with Crippen molar-refractivity contribution in [3.05, 3.63) is 130 Å². The van der Waals surface area contributed by atoms with Gasteiger partial charge in [-0.3, -0.25) is 0 Å². The largest absolute Gasteiger partial charge is 0.399 e. The highest BCUT2D eigenvalue weighted by Gasteiger charge is 2.17. The molecule has 2 nitrogen and oxygen atoms in total. The fraction of sp³-hybridized carbons (Fsp3) is 0.385. The van der Waals surface area contributed by atoms with E-state index in [1.165, 1.54) is 91.2 Å². The number of unbranched alkanes of at least 4 members (excludes halogenated alkanes) is 7. The number of nitrogens with two attached hydrogens (primary N) is 2. The third-order valence-electron chi connectivity index (χ3n) is 8.90. The van der Waals surface area contributed by atoms with Gasteiger partial charge in [0, 0.05) is 29.1 Å². The van der Waals surface area contributed by atoms with E-state index in [-0.39, 0.29) is 0 Å². The van der Waals surface area contributed by atoms with Crippen LogP contribution < -0.4 is 11.5 Å². The summed E-state index contributed by atoms with van der Waals surface area (Å²) in [5, 5.41) is 0. The molecule has 0 aliphatic rings. The van der Waals surface area contributed by atoms with Crippen LogP contribution in [0, 0.1) is 0 Å². The number of benzene rings is 4. The minimum absolute atomic E-state index is 0.338. The fourth-order valence-corrected chi connectivity index (χ4v) is 6.00. The average Bonchev–Trinajstić information content (AvgIpc) is 3.01. The minimum Gasteiger partial charge on any atom is -0.399 e. The van der Waals surface area contributed by atoms with Gasteiger partial charge in [-0.2, -0.15) is 0 Å². The van der Waals surface area contributed by atoms with Crippen LogP contribution in [-0.4, -0.2) is 0 Å². The summed E-state index contributed by atoms with van der Waals surface area (Å²) in [6.45, 7) is 6.84. The quantitative estimate of drug-likeness (QED) is 0.115. The average molecular weight is 547 g/mol. The number of hydrogen-bond donors (Lipinski definition) is 2. The SMILES string of the molecule is CCCCCCCCCCC(c1ccc(C(C)c2ccc(N)cc2)cc1)c1ccc(C(C)c2ccc(N)cc2)cc1. The molecular weight excluding hydrogens is 496 g/mol. The van der Waals surface area contributed by atoms with Gasteiger partial charge in [0.1, 0.15) is 0 Å². The predicted molar refractivity (Wildman–Crippen MR) is 179 cm³/mol. The molecule has 0 saturated carbocycles. The highest BCUT2D eigenvalue weighted by atomic mass is 14.5. The van der Waals surface area contributed by atoms with E-state index >= 15 is 0 Å². The van der Waals surface area contributed by atoms with Gasteiger partial charge in [-0.25, -0.2) is 0 Å². The lowest BCUT2D eigenvalue weighted by Crippen LogP contribution is -2.04. The van der Waals surface area contributed by atoms with Gasteiger partial charge < -0.3 is 11.5 Å². The van der Waals surface area contributed by atoms with E-state index in [2.05, 4.69) is 93.6 Å². The maximum Gasteiger partial charge on any atom is 0.0314 e. The molecule has 2 heteroatoms. The van der Waals surface area contributed by atoms with Crippen LogP contribution in [0.1, 0.15) is 130 Å². The van der Waals surface area contributed by atoms with Gasteiger partial charge in [0.15, 0.2) is 0 Å². The zero-order valence-corrected chi connectivity index (χ0v) is 25.5. The third kappa shape index (κ3) is 8.73. The molecule has 0 radical (unpaired) electrons. The van der Waals surface area contributed by atoms with Crippen molar-refractivity contribution in [3.8, 4) is 0 Å². The second-order valence-electron chi connectivity index (χ2n) is 11.9. The van der Waals surface area contributed by atoms with Crippen molar-refractivity contribution in [1.29, 1.82) is 0 Å². The molecule has 2 unspecified atom stereocenters. The van der Waals surface area contributed by atoms with Crippen molar-refractivity contribution in [2.75, 3.05) is 11.5 Å². The summed E-state index contributed by atoms with van der Waals surface area (Å²) in [6, 6.07) is 35.3. The number of nitrogen functional groups attached to an aromatic ring is 2. The molecule has 4 N–H and O–H groups in total. The second kappa shape index (κ2) is 15.5. The van der Waals surface area contributed by atoms with Crippen LogP contribution in [0.5, 0.6) is 0 Å². The van der Waals surface area contributed by atoms with Gasteiger partial charge >= 0.3 is 0 Å². The summed E-state index contributed by atoms with van der Waals surface area (Å²) in [5.74, 6) is 1.09. The fourth-order valence-electron chi connectivity index (χ4n) is 6.00. The summed E-state index contributed by atoms with van der Waals surface area (Å²) < 4.78 is 0. The van der Waals surface area contributed by atoms with Crippen LogP contribution >= 0.6 is 0 Å². The zero-order valence-electron chi connectivity index (χ0n) is 25.5. The topological polar surface area (TPSA) is 52.0 Å². The predicted octanol–water partition coefficient (Wildman–Crippen LogP) is 10.8. The van der Waals surface area contributed by atoms with Gasteiger partial charge in [-0.15, -0.1) is 0 Å². The number of hydrogen-bond acceptors (Lipinski definition) is 2. The van der Waals surface area contributed by atoms with Crippen LogP contribution in [0.25, 0.3) is 0 Å². The van der Waals surface area contributed by atoms with Crippen LogP contribution in [0.4, 0.5) is 11.4 Å². The molecule has 0 aliphatic heterocycles. The Hall–Kier alpha value is -3.52. The van der Waals surface area contributed by atoms with Gasteiger partial charge in [0.25, 0.3) is 0 Å². The van der Waals surface area contributed by atoms with Gasteiger partial charge in [0.05, 0.1) is 0 Å². The Morgan fingerprint density at radius 1 is 0.415 bits per heavy atom. The molecule has 0 saturated heterocycles. The lowest BCUT2D eigenvalue weighted by Gasteiger charge is -2.21. The first-order chi connectivity index (χ1) is 20.0. The summed E-state index contributed by atoms with van der Waals surface area (Å²) in [5.41, 5.74) is 21.6. The van der Waals surface area contributed by atoms with Gasteiger partial charge in [0.2, 0.25) is 0 Å². The van der Waals surface area contributed by atoms with Crippen molar-refractivity contribution in [1.82, 2.24) is 0 Å². The third-order valence-corrected chi connectivity index (χ3v) is 8.90. The molecule has 0 amide bonds. The first-order valence-corrected chi connectivity index (χ1v) is 15.9. The van der Waals surface area contributed by atoms with Crippen molar-refractivity contribution in [2.24, 2.45) is 0 Å². The van der Waals surface area contributed by atoms with Crippen molar-refractivity contribution >= 4 is 11.4 Å². The van der Waals surface area contributed by atoms with Crippen molar-refractivity contribution < 1.29 is 0 Å². The van der Waals surface area contributed by atoms with Crippen LogP contribution in [0.3, 0.4) is 0 Å². The molecule has 0 aromatic heterocycles. The second-order valence-corrected chi connectivity index (χ2v) is 11.9. The molecule has 4 rings (SSSR count). The van der Waals surface area contributed by atoms with Crippen LogP contribution in [0.2, 0.25) is 0 Å². The normalized spacial score (nSPS) is 13.5. The summed E-state index contributed by atoms with van der Waals surface area (Å²) in [6.07, 6.45) is 12.0. The molecule has 2 atom stereocenters. The Bertz CT molecular complexity index is 1190. The summed E-state index contributed by atoms with van der Waals surface area (Å²) >= 11 is 0. The zero-order chi connectivity index (χ0) is 29.0. The Morgan fingerprint density at radius 3 is 1.07 bits per heavy atom. The van der Waals surface area contributed by atoms with E-state index in [1.807, 2.05) is 24.3 Å².